The lowest BCUT2D eigenvalue weighted by molar-refractivity contribution is 0.0508. The number of H-pyrrole nitrogens is 1. The van der Waals surface area contributed by atoms with Gasteiger partial charge in [0.1, 0.15) is 11.4 Å². The molecule has 0 aliphatic heterocycles. The molecule has 0 bridgehead atoms. The Kier molecular flexibility index (Phi) is 4.21. The van der Waals surface area contributed by atoms with Crippen LogP contribution in [0.15, 0.2) is 24.4 Å². The number of carbonyl (C=O) groups excluding carboxylic acids is 1. The number of halogens is 1. The van der Waals surface area contributed by atoms with Gasteiger partial charge in [-0.2, -0.15) is 0 Å². The van der Waals surface area contributed by atoms with Crippen LogP contribution in [0.3, 0.4) is 0 Å². The van der Waals surface area contributed by atoms with Crippen LogP contribution in [0.25, 0.3) is 10.9 Å². The fourth-order valence-corrected chi connectivity index (χ4v) is 2.22. The molecule has 1 atom stereocenters. The van der Waals surface area contributed by atoms with Gasteiger partial charge in [0.15, 0.2) is 0 Å². The summed E-state index contributed by atoms with van der Waals surface area (Å²) in [6, 6.07) is 4.57. The van der Waals surface area contributed by atoms with Gasteiger partial charge in [0.25, 0.3) is 0 Å². The monoisotopic (exact) mass is 292 g/mol. The zero-order chi connectivity index (χ0) is 15.6. The van der Waals surface area contributed by atoms with Crippen molar-refractivity contribution >= 4 is 17.0 Å². The number of amides is 1. The van der Waals surface area contributed by atoms with Crippen molar-refractivity contribution in [2.45, 2.75) is 45.8 Å². The zero-order valence-corrected chi connectivity index (χ0v) is 12.8. The van der Waals surface area contributed by atoms with E-state index in [1.165, 1.54) is 12.1 Å². The summed E-state index contributed by atoms with van der Waals surface area (Å²) in [5, 5.41) is 3.77. The number of aromatic nitrogens is 1. The smallest absolute Gasteiger partial charge is 0.407 e. The van der Waals surface area contributed by atoms with E-state index in [0.29, 0.717) is 6.42 Å². The second kappa shape index (κ2) is 5.76. The van der Waals surface area contributed by atoms with E-state index in [9.17, 15) is 9.18 Å². The molecule has 0 unspecified atom stereocenters. The minimum Gasteiger partial charge on any atom is -0.444 e. The van der Waals surface area contributed by atoms with Gasteiger partial charge >= 0.3 is 6.09 Å². The number of hydrogen-bond donors (Lipinski definition) is 2. The molecule has 2 aromatic rings. The summed E-state index contributed by atoms with van der Waals surface area (Å²) in [5.41, 5.74) is 1.28. The number of rotatable bonds is 3. The molecule has 1 aromatic carbocycles. The number of hydrogen-bond acceptors (Lipinski definition) is 2. The molecule has 0 saturated carbocycles. The minimum atomic E-state index is -0.512. The van der Waals surface area contributed by atoms with E-state index in [4.69, 9.17) is 4.74 Å². The molecule has 21 heavy (non-hydrogen) atoms. The largest absolute Gasteiger partial charge is 0.444 e. The van der Waals surface area contributed by atoms with Crippen LogP contribution in [-0.2, 0) is 11.2 Å². The molecule has 5 heteroatoms. The molecule has 0 aliphatic rings. The Hall–Kier alpha value is -2.04. The Balaban J connectivity index is 2.01. The van der Waals surface area contributed by atoms with Gasteiger partial charge in [0.2, 0.25) is 0 Å². The maximum absolute atomic E-state index is 13.1. The average Bonchev–Trinajstić information content (AvgIpc) is 2.68. The maximum atomic E-state index is 13.1. The first-order valence-electron chi connectivity index (χ1n) is 6.99. The summed E-state index contributed by atoms with van der Waals surface area (Å²) < 4.78 is 18.4. The Bertz CT molecular complexity index is 643. The number of ether oxygens (including phenoxy) is 1. The molecule has 4 nitrogen and oxygen atoms in total. The number of fused-ring (bicyclic) bond motifs is 1. The van der Waals surface area contributed by atoms with Crippen molar-refractivity contribution < 1.29 is 13.9 Å². The van der Waals surface area contributed by atoms with Crippen LogP contribution >= 0.6 is 0 Å². The summed E-state index contributed by atoms with van der Waals surface area (Å²) >= 11 is 0. The van der Waals surface area contributed by atoms with Crippen molar-refractivity contribution in [1.29, 1.82) is 0 Å². The first-order chi connectivity index (χ1) is 9.74. The fraction of sp³-hybridized carbons (Fsp3) is 0.438. The number of carbonyl (C=O) groups is 1. The third-order valence-corrected chi connectivity index (χ3v) is 3.02. The summed E-state index contributed by atoms with van der Waals surface area (Å²) in [4.78, 5) is 14.8. The van der Waals surface area contributed by atoms with E-state index in [1.54, 1.807) is 6.07 Å². The van der Waals surface area contributed by atoms with Crippen molar-refractivity contribution in [2.24, 2.45) is 0 Å². The molecular formula is C16H21FN2O2. The Morgan fingerprint density at radius 2 is 2.14 bits per heavy atom. The van der Waals surface area contributed by atoms with Crippen molar-refractivity contribution in [3.8, 4) is 0 Å². The predicted molar refractivity (Wildman–Crippen MR) is 80.8 cm³/mol. The first kappa shape index (κ1) is 15.4. The average molecular weight is 292 g/mol. The molecule has 0 radical (unpaired) electrons. The van der Waals surface area contributed by atoms with Crippen LogP contribution in [0.2, 0.25) is 0 Å². The first-order valence-corrected chi connectivity index (χ1v) is 6.99. The van der Waals surface area contributed by atoms with Gasteiger partial charge in [-0.25, -0.2) is 9.18 Å². The normalized spacial score (nSPS) is 13.2. The number of nitrogens with one attached hydrogen (secondary N) is 2. The van der Waals surface area contributed by atoms with Crippen molar-refractivity contribution in [3.63, 3.8) is 0 Å². The van der Waals surface area contributed by atoms with Gasteiger partial charge in [-0.3, -0.25) is 0 Å². The second-order valence-corrected chi connectivity index (χ2v) is 6.26. The van der Waals surface area contributed by atoms with E-state index < -0.39 is 11.7 Å². The second-order valence-electron chi connectivity index (χ2n) is 6.26. The van der Waals surface area contributed by atoms with Crippen LogP contribution in [0.5, 0.6) is 0 Å². The Labute approximate surface area is 123 Å². The third-order valence-electron chi connectivity index (χ3n) is 3.02. The van der Waals surface area contributed by atoms with Crippen molar-refractivity contribution in [2.75, 3.05) is 0 Å². The highest BCUT2D eigenvalue weighted by Gasteiger charge is 2.18. The number of alkyl carbamates (subject to hydrolysis) is 1. The molecule has 0 spiro atoms. The lowest BCUT2D eigenvalue weighted by Crippen LogP contribution is -2.38. The van der Waals surface area contributed by atoms with Gasteiger partial charge in [-0.15, -0.1) is 0 Å². The van der Waals surface area contributed by atoms with Crippen LogP contribution in [0, 0.1) is 5.82 Å². The lowest BCUT2D eigenvalue weighted by Gasteiger charge is -2.21. The molecule has 2 rings (SSSR count). The standard InChI is InChI=1S/C16H21FN2O2/c1-10(19-15(20)21-16(2,3)4)7-11-9-18-14-8-12(17)5-6-13(11)14/h5-6,8-10,18H,7H2,1-4H3,(H,19,20)/t10-/m1/s1. The highest BCUT2D eigenvalue weighted by molar-refractivity contribution is 5.83. The molecule has 1 heterocycles. The molecule has 114 valence electrons. The van der Waals surface area contributed by atoms with E-state index in [1.807, 2.05) is 33.9 Å². The Morgan fingerprint density at radius 1 is 1.43 bits per heavy atom. The SMILES string of the molecule is C[C@H](Cc1c[nH]c2cc(F)ccc12)NC(=O)OC(C)(C)C. The Morgan fingerprint density at radius 3 is 2.81 bits per heavy atom. The molecule has 2 N–H and O–H groups in total. The van der Waals surface area contributed by atoms with Gasteiger partial charge in [-0.1, -0.05) is 0 Å². The lowest BCUT2D eigenvalue weighted by atomic mass is 10.1. The fourth-order valence-electron chi connectivity index (χ4n) is 2.22. The summed E-state index contributed by atoms with van der Waals surface area (Å²) in [7, 11) is 0. The van der Waals surface area contributed by atoms with Gasteiger partial charge in [-0.05, 0) is 57.9 Å². The van der Waals surface area contributed by atoms with E-state index >= 15 is 0 Å². The van der Waals surface area contributed by atoms with Crippen molar-refractivity contribution in [1.82, 2.24) is 10.3 Å². The molecule has 0 saturated heterocycles. The quantitative estimate of drug-likeness (QED) is 0.905. The van der Waals surface area contributed by atoms with E-state index in [0.717, 1.165) is 16.5 Å². The van der Waals surface area contributed by atoms with Gasteiger partial charge in [0.05, 0.1) is 0 Å². The van der Waals surface area contributed by atoms with Crippen LogP contribution in [0.1, 0.15) is 33.3 Å². The molecule has 0 fully saturated rings. The van der Waals surface area contributed by atoms with Gasteiger partial charge < -0.3 is 15.0 Å². The van der Waals surface area contributed by atoms with Crippen LogP contribution < -0.4 is 5.32 Å². The van der Waals surface area contributed by atoms with Crippen LogP contribution in [0.4, 0.5) is 9.18 Å². The summed E-state index contributed by atoms with van der Waals surface area (Å²) in [6.07, 6.45) is 2.06. The number of benzene rings is 1. The van der Waals surface area contributed by atoms with E-state index in [-0.39, 0.29) is 11.9 Å². The topological polar surface area (TPSA) is 54.1 Å². The maximum Gasteiger partial charge on any atom is 0.407 e. The molecule has 1 amide bonds. The van der Waals surface area contributed by atoms with Crippen molar-refractivity contribution in [3.05, 3.63) is 35.8 Å². The zero-order valence-electron chi connectivity index (χ0n) is 12.8. The highest BCUT2D eigenvalue weighted by Crippen LogP contribution is 2.20. The van der Waals surface area contributed by atoms with Gasteiger partial charge in [0, 0.05) is 23.1 Å². The summed E-state index contributed by atoms with van der Waals surface area (Å²) in [5.74, 6) is -0.268. The number of aromatic amines is 1. The highest BCUT2D eigenvalue weighted by atomic mass is 19.1. The third kappa shape index (κ3) is 4.21. The summed E-state index contributed by atoms with van der Waals surface area (Å²) in [6.45, 7) is 7.38. The molecule has 1 aromatic heterocycles. The molecular weight excluding hydrogens is 271 g/mol. The predicted octanol–water partition coefficient (Wildman–Crippen LogP) is 3.76. The molecule has 0 aliphatic carbocycles. The van der Waals surface area contributed by atoms with E-state index in [2.05, 4.69) is 10.3 Å². The minimum absolute atomic E-state index is 0.0797. The van der Waals surface area contributed by atoms with Crippen LogP contribution in [-0.4, -0.2) is 22.7 Å².